The maximum atomic E-state index is 3.98. The van der Waals surface area contributed by atoms with Gasteiger partial charge in [-0.1, -0.05) is 122 Å². The molecule has 29 heavy (non-hydrogen) atoms. The Hall–Kier alpha value is -0.520. The molecule has 2 aliphatic rings. The first-order valence-corrected chi connectivity index (χ1v) is 13.2. The normalized spacial score (nSPS) is 22.4. The Morgan fingerprint density at radius 1 is 0.724 bits per heavy atom. The van der Waals surface area contributed by atoms with E-state index in [0.29, 0.717) is 0 Å². The molecule has 0 nitrogen and oxygen atoms in total. The van der Waals surface area contributed by atoms with Crippen molar-refractivity contribution in [3.63, 3.8) is 0 Å². The molecule has 2 aliphatic carbocycles. The standard InChI is InChI=1S/C11H20.C11H22.C7H14/c1-10(2)9-11-7-5-3-4-6-8-11;1-3-4-8-11-9-6-5-7-10(11)2;1-4-5-6-7(2)3/h11H,1,3-9H2,2H3;10-11H,3-9H2,1-2H3;2,4-6H2,1,3H3. The minimum Gasteiger partial charge on any atom is -0.100 e. The van der Waals surface area contributed by atoms with Crippen molar-refractivity contribution in [2.24, 2.45) is 17.8 Å². The molecule has 0 N–H and O–H groups in total. The molecular formula is C29H56. The van der Waals surface area contributed by atoms with Crippen LogP contribution in [-0.2, 0) is 0 Å². The summed E-state index contributed by atoms with van der Waals surface area (Å²) in [6.07, 6.45) is 24.1. The molecule has 0 aliphatic heterocycles. The lowest BCUT2D eigenvalue weighted by atomic mass is 9.78. The van der Waals surface area contributed by atoms with E-state index in [0.717, 1.165) is 17.8 Å². The van der Waals surface area contributed by atoms with Gasteiger partial charge in [0.05, 0.1) is 0 Å². The van der Waals surface area contributed by atoms with Crippen molar-refractivity contribution in [3.05, 3.63) is 24.3 Å². The van der Waals surface area contributed by atoms with Crippen LogP contribution in [0, 0.1) is 17.8 Å². The highest BCUT2D eigenvalue weighted by Gasteiger charge is 2.19. The van der Waals surface area contributed by atoms with Gasteiger partial charge in [-0.05, 0) is 50.9 Å². The largest absolute Gasteiger partial charge is 0.100 e. The Bertz CT molecular complexity index is 383. The fourth-order valence-electron chi connectivity index (χ4n) is 4.83. The molecule has 172 valence electrons. The number of hydrogen-bond donors (Lipinski definition) is 0. The molecule has 0 aromatic carbocycles. The van der Waals surface area contributed by atoms with Crippen LogP contribution >= 0.6 is 0 Å². The average molecular weight is 405 g/mol. The van der Waals surface area contributed by atoms with Gasteiger partial charge >= 0.3 is 0 Å². The molecule has 2 fully saturated rings. The Labute approximate surface area is 186 Å². The van der Waals surface area contributed by atoms with E-state index in [1.54, 1.807) is 0 Å². The van der Waals surface area contributed by atoms with Gasteiger partial charge in [0.25, 0.3) is 0 Å². The zero-order chi connectivity index (χ0) is 21.9. The summed E-state index contributed by atoms with van der Waals surface area (Å²) >= 11 is 0. The number of unbranched alkanes of at least 4 members (excludes halogenated alkanes) is 2. The first-order valence-electron chi connectivity index (χ1n) is 13.2. The molecule has 2 unspecified atom stereocenters. The van der Waals surface area contributed by atoms with Crippen LogP contribution < -0.4 is 0 Å². The Morgan fingerprint density at radius 2 is 1.28 bits per heavy atom. The predicted octanol–water partition coefficient (Wildman–Crippen LogP) is 10.7. The van der Waals surface area contributed by atoms with Gasteiger partial charge in [0.2, 0.25) is 0 Å². The molecule has 0 aromatic heterocycles. The van der Waals surface area contributed by atoms with Crippen molar-refractivity contribution < 1.29 is 0 Å². The second-order valence-corrected chi connectivity index (χ2v) is 10.2. The summed E-state index contributed by atoms with van der Waals surface area (Å²) in [6, 6.07) is 0. The lowest BCUT2D eigenvalue weighted by Crippen LogP contribution is -2.16. The third-order valence-corrected chi connectivity index (χ3v) is 6.79. The zero-order valence-corrected chi connectivity index (χ0v) is 21.2. The Kier molecular flexibility index (Phi) is 19.1. The van der Waals surface area contributed by atoms with Gasteiger partial charge in [-0.15, -0.1) is 13.2 Å². The van der Waals surface area contributed by atoms with E-state index in [2.05, 4.69) is 47.8 Å². The predicted molar refractivity (Wildman–Crippen MR) is 136 cm³/mol. The third-order valence-electron chi connectivity index (χ3n) is 6.79. The summed E-state index contributed by atoms with van der Waals surface area (Å²) in [4.78, 5) is 0. The van der Waals surface area contributed by atoms with E-state index < -0.39 is 0 Å². The van der Waals surface area contributed by atoms with Gasteiger partial charge < -0.3 is 0 Å². The van der Waals surface area contributed by atoms with Crippen molar-refractivity contribution in [1.82, 2.24) is 0 Å². The summed E-state index contributed by atoms with van der Waals surface area (Å²) in [6.45, 7) is 18.9. The highest BCUT2D eigenvalue weighted by molar-refractivity contribution is 4.90. The minimum absolute atomic E-state index is 0.968. The fraction of sp³-hybridized carbons (Fsp3) is 0.862. The van der Waals surface area contributed by atoms with Crippen molar-refractivity contribution in [2.45, 2.75) is 144 Å². The average Bonchev–Trinajstić information content (AvgIpc) is 2.95. The van der Waals surface area contributed by atoms with Gasteiger partial charge in [-0.3, -0.25) is 0 Å². The molecule has 0 radical (unpaired) electrons. The van der Waals surface area contributed by atoms with Gasteiger partial charge in [-0.2, -0.15) is 0 Å². The van der Waals surface area contributed by atoms with Crippen molar-refractivity contribution in [1.29, 1.82) is 0 Å². The lowest BCUT2D eigenvalue weighted by Gasteiger charge is -2.28. The highest BCUT2D eigenvalue weighted by Crippen LogP contribution is 2.32. The summed E-state index contributed by atoms with van der Waals surface area (Å²) in [5.41, 5.74) is 2.68. The minimum atomic E-state index is 0.968. The quantitative estimate of drug-likeness (QED) is 0.278. The lowest BCUT2D eigenvalue weighted by molar-refractivity contribution is 0.237. The molecule has 0 aromatic rings. The van der Waals surface area contributed by atoms with Crippen molar-refractivity contribution in [3.8, 4) is 0 Å². The first kappa shape index (κ1) is 28.5. The number of allylic oxidation sites excluding steroid dienone is 2. The molecule has 0 heteroatoms. The molecule has 0 saturated heterocycles. The van der Waals surface area contributed by atoms with Crippen LogP contribution in [0.4, 0.5) is 0 Å². The van der Waals surface area contributed by atoms with E-state index in [-0.39, 0.29) is 0 Å². The first-order chi connectivity index (χ1) is 13.9. The van der Waals surface area contributed by atoms with Crippen molar-refractivity contribution in [2.75, 3.05) is 0 Å². The topological polar surface area (TPSA) is 0 Å². The Morgan fingerprint density at radius 3 is 1.72 bits per heavy atom. The molecular weight excluding hydrogens is 348 g/mol. The van der Waals surface area contributed by atoms with Gasteiger partial charge in [0, 0.05) is 0 Å². The van der Waals surface area contributed by atoms with E-state index in [1.807, 2.05) is 0 Å². The van der Waals surface area contributed by atoms with E-state index in [1.165, 1.54) is 120 Å². The molecule has 2 atom stereocenters. The summed E-state index contributed by atoms with van der Waals surface area (Å²) < 4.78 is 0. The van der Waals surface area contributed by atoms with Crippen LogP contribution in [0.25, 0.3) is 0 Å². The molecule has 0 amide bonds. The number of rotatable bonds is 8. The van der Waals surface area contributed by atoms with E-state index in [4.69, 9.17) is 0 Å². The molecule has 0 spiro atoms. The second kappa shape index (κ2) is 19.4. The van der Waals surface area contributed by atoms with Crippen LogP contribution in [0.5, 0.6) is 0 Å². The smallest absolute Gasteiger partial charge is 0.0297 e. The summed E-state index contributed by atoms with van der Waals surface area (Å²) in [5, 5.41) is 0. The van der Waals surface area contributed by atoms with Crippen LogP contribution in [0.15, 0.2) is 24.3 Å². The fourth-order valence-corrected chi connectivity index (χ4v) is 4.83. The monoisotopic (exact) mass is 404 g/mol. The maximum Gasteiger partial charge on any atom is -0.0297 e. The molecule has 2 saturated carbocycles. The maximum absolute atomic E-state index is 3.98. The van der Waals surface area contributed by atoms with E-state index in [9.17, 15) is 0 Å². The van der Waals surface area contributed by atoms with Crippen LogP contribution in [0.1, 0.15) is 144 Å². The van der Waals surface area contributed by atoms with Crippen LogP contribution in [0.2, 0.25) is 0 Å². The van der Waals surface area contributed by atoms with Gasteiger partial charge in [-0.25, -0.2) is 0 Å². The number of hydrogen-bond acceptors (Lipinski definition) is 0. The zero-order valence-electron chi connectivity index (χ0n) is 21.2. The van der Waals surface area contributed by atoms with Gasteiger partial charge in [0.1, 0.15) is 0 Å². The van der Waals surface area contributed by atoms with Crippen LogP contribution in [-0.4, -0.2) is 0 Å². The van der Waals surface area contributed by atoms with Gasteiger partial charge in [0.15, 0.2) is 0 Å². The van der Waals surface area contributed by atoms with Crippen molar-refractivity contribution >= 4 is 0 Å². The third kappa shape index (κ3) is 18.0. The van der Waals surface area contributed by atoms with E-state index >= 15 is 0 Å². The summed E-state index contributed by atoms with van der Waals surface area (Å²) in [5.74, 6) is 3.06. The second-order valence-electron chi connectivity index (χ2n) is 10.2. The summed E-state index contributed by atoms with van der Waals surface area (Å²) in [7, 11) is 0. The highest BCUT2D eigenvalue weighted by atomic mass is 14.3. The van der Waals surface area contributed by atoms with Crippen LogP contribution in [0.3, 0.4) is 0 Å². The molecule has 2 rings (SSSR count). The molecule has 0 heterocycles. The SMILES string of the molecule is C=C(C)CC1CCCCCC1.C=C(C)CCCC.CCCCC1CCCCC1C. The molecule has 0 bridgehead atoms. The Balaban J connectivity index is 0.000000419.